The van der Waals surface area contributed by atoms with Gasteiger partial charge in [0, 0.05) is 35.1 Å². The fourth-order valence-electron chi connectivity index (χ4n) is 3.55. The number of thioether (sulfide) groups is 1. The molecule has 0 bridgehead atoms. The summed E-state index contributed by atoms with van der Waals surface area (Å²) < 4.78 is 1.96. The number of aromatic nitrogens is 3. The van der Waals surface area contributed by atoms with Crippen molar-refractivity contribution < 1.29 is 4.79 Å². The minimum absolute atomic E-state index is 0.164. The number of nitrogens with zero attached hydrogens (tertiary/aromatic N) is 5. The average molecular weight is 473 g/mol. The molecule has 0 saturated heterocycles. The topological polar surface area (TPSA) is 86.8 Å². The SMILES string of the molecule is CCn1c(SCC(=O)Nc2sc3c(c2C#N)CCN(C)C3)nnc1-c1cccc(Cl)c1. The Kier molecular flexibility index (Phi) is 6.62. The lowest BCUT2D eigenvalue weighted by Gasteiger charge is -2.21. The molecule has 1 N–H and O–H groups in total. The molecule has 3 heterocycles. The van der Waals surface area contributed by atoms with Crippen molar-refractivity contribution in [1.82, 2.24) is 19.7 Å². The first-order chi connectivity index (χ1) is 15.0. The highest BCUT2D eigenvalue weighted by Gasteiger charge is 2.24. The minimum Gasteiger partial charge on any atom is -0.316 e. The van der Waals surface area contributed by atoms with Crippen LogP contribution in [0.5, 0.6) is 0 Å². The van der Waals surface area contributed by atoms with E-state index < -0.39 is 0 Å². The molecule has 0 radical (unpaired) electrons. The molecule has 0 atom stereocenters. The number of fused-ring (bicyclic) bond motifs is 1. The third kappa shape index (κ3) is 4.62. The van der Waals surface area contributed by atoms with Crippen LogP contribution in [0.3, 0.4) is 0 Å². The monoisotopic (exact) mass is 472 g/mol. The van der Waals surface area contributed by atoms with Crippen LogP contribution in [0.1, 0.15) is 22.9 Å². The predicted octanol–water partition coefficient (Wildman–Crippen LogP) is 4.27. The largest absolute Gasteiger partial charge is 0.316 e. The number of anilines is 1. The van der Waals surface area contributed by atoms with Crippen molar-refractivity contribution in [3.05, 3.63) is 45.3 Å². The van der Waals surface area contributed by atoms with Crippen molar-refractivity contribution in [3.63, 3.8) is 0 Å². The summed E-state index contributed by atoms with van der Waals surface area (Å²) in [5.41, 5.74) is 2.56. The van der Waals surface area contributed by atoms with Crippen molar-refractivity contribution in [1.29, 1.82) is 5.26 Å². The van der Waals surface area contributed by atoms with E-state index in [4.69, 9.17) is 11.6 Å². The van der Waals surface area contributed by atoms with Crippen molar-refractivity contribution in [3.8, 4) is 17.5 Å². The normalized spacial score (nSPS) is 13.6. The van der Waals surface area contributed by atoms with E-state index in [9.17, 15) is 10.1 Å². The van der Waals surface area contributed by atoms with Crippen LogP contribution in [0.15, 0.2) is 29.4 Å². The highest BCUT2D eigenvalue weighted by Crippen LogP contribution is 2.36. The number of carbonyl (C=O) groups is 1. The van der Waals surface area contributed by atoms with E-state index >= 15 is 0 Å². The molecule has 0 aliphatic carbocycles. The highest BCUT2D eigenvalue weighted by atomic mass is 35.5. The second-order valence-corrected chi connectivity index (χ2v) is 9.69. The first-order valence-electron chi connectivity index (χ1n) is 9.85. The summed E-state index contributed by atoms with van der Waals surface area (Å²) in [6.45, 7) is 4.41. The number of halogens is 1. The van der Waals surface area contributed by atoms with Gasteiger partial charge in [-0.1, -0.05) is 35.5 Å². The average Bonchev–Trinajstić information content (AvgIpc) is 3.31. The van der Waals surface area contributed by atoms with Gasteiger partial charge in [0.2, 0.25) is 5.91 Å². The van der Waals surface area contributed by atoms with Crippen LogP contribution >= 0.6 is 34.7 Å². The summed E-state index contributed by atoms with van der Waals surface area (Å²) in [5.74, 6) is 0.735. The quantitative estimate of drug-likeness (QED) is 0.539. The van der Waals surface area contributed by atoms with Crippen LogP contribution < -0.4 is 5.32 Å². The molecule has 3 aromatic rings. The molecule has 1 aromatic carbocycles. The van der Waals surface area contributed by atoms with Gasteiger partial charge in [-0.15, -0.1) is 21.5 Å². The minimum atomic E-state index is -0.164. The molecule has 0 saturated carbocycles. The van der Waals surface area contributed by atoms with Crippen molar-refractivity contribution in [2.75, 3.05) is 24.7 Å². The summed E-state index contributed by atoms with van der Waals surface area (Å²) >= 11 is 8.93. The van der Waals surface area contributed by atoms with E-state index in [0.29, 0.717) is 27.3 Å². The Hall–Kier alpha value is -2.38. The van der Waals surface area contributed by atoms with Crippen LogP contribution in [-0.4, -0.2) is 44.9 Å². The van der Waals surface area contributed by atoms with Crippen LogP contribution in [0.4, 0.5) is 5.00 Å². The zero-order valence-electron chi connectivity index (χ0n) is 17.2. The Morgan fingerprint density at radius 1 is 1.42 bits per heavy atom. The van der Waals surface area contributed by atoms with E-state index in [1.165, 1.54) is 23.1 Å². The molecule has 2 aromatic heterocycles. The molecule has 10 heteroatoms. The van der Waals surface area contributed by atoms with E-state index in [1.807, 2.05) is 35.8 Å². The molecule has 31 heavy (non-hydrogen) atoms. The Morgan fingerprint density at radius 3 is 3.00 bits per heavy atom. The van der Waals surface area contributed by atoms with Crippen molar-refractivity contribution >= 4 is 45.6 Å². The van der Waals surface area contributed by atoms with Gasteiger partial charge in [0.15, 0.2) is 11.0 Å². The molecule has 0 spiro atoms. The summed E-state index contributed by atoms with van der Waals surface area (Å²) in [7, 11) is 2.06. The van der Waals surface area contributed by atoms with Crippen LogP contribution in [0.2, 0.25) is 5.02 Å². The molecule has 0 fully saturated rings. The summed E-state index contributed by atoms with van der Waals surface area (Å²) in [6.07, 6.45) is 0.835. The molecule has 4 rings (SSSR count). The Balaban J connectivity index is 1.46. The number of benzene rings is 1. The molecular weight excluding hydrogens is 452 g/mol. The Labute approximate surface area is 194 Å². The maximum atomic E-state index is 12.6. The zero-order chi connectivity index (χ0) is 22.0. The van der Waals surface area contributed by atoms with Crippen LogP contribution in [0.25, 0.3) is 11.4 Å². The van der Waals surface area contributed by atoms with Crippen LogP contribution in [0, 0.1) is 11.3 Å². The number of hydrogen-bond acceptors (Lipinski definition) is 7. The lowest BCUT2D eigenvalue weighted by molar-refractivity contribution is -0.113. The smallest absolute Gasteiger partial charge is 0.235 e. The molecule has 160 valence electrons. The van der Waals surface area contributed by atoms with Gasteiger partial charge in [0.25, 0.3) is 0 Å². The molecule has 0 unspecified atom stereocenters. The molecule has 1 aliphatic heterocycles. The number of nitriles is 1. The van der Waals surface area contributed by atoms with E-state index in [2.05, 4.69) is 33.5 Å². The number of rotatable bonds is 6. The lowest BCUT2D eigenvalue weighted by atomic mass is 10.0. The van der Waals surface area contributed by atoms with Gasteiger partial charge < -0.3 is 14.8 Å². The van der Waals surface area contributed by atoms with Gasteiger partial charge in [-0.05, 0) is 38.1 Å². The van der Waals surface area contributed by atoms with Crippen molar-refractivity contribution in [2.45, 2.75) is 31.6 Å². The zero-order valence-corrected chi connectivity index (χ0v) is 19.6. The third-order valence-corrected chi connectivity index (χ3v) is 7.39. The van der Waals surface area contributed by atoms with E-state index in [0.717, 1.165) is 41.3 Å². The standard InChI is InChI=1S/C21H21ClN6OS2/c1-3-28-19(13-5-4-6-14(22)9-13)25-26-21(28)30-12-18(29)24-20-16(10-23)15-7-8-27(2)11-17(15)31-20/h4-6,9H,3,7-8,11-12H2,1-2H3,(H,24,29). The molecule has 1 amide bonds. The maximum Gasteiger partial charge on any atom is 0.235 e. The second kappa shape index (κ2) is 9.40. The Morgan fingerprint density at radius 2 is 2.26 bits per heavy atom. The van der Waals surface area contributed by atoms with Crippen LogP contribution in [-0.2, 0) is 24.3 Å². The predicted molar refractivity (Wildman–Crippen MR) is 125 cm³/mol. The summed E-state index contributed by atoms with van der Waals surface area (Å²) in [4.78, 5) is 16.0. The fraction of sp³-hybridized carbons (Fsp3) is 0.333. The molecule has 7 nitrogen and oxygen atoms in total. The third-order valence-electron chi connectivity index (χ3n) is 5.06. The van der Waals surface area contributed by atoms with E-state index in [1.54, 1.807) is 0 Å². The first-order valence-corrected chi connectivity index (χ1v) is 12.0. The first kappa shape index (κ1) is 21.8. The fourth-order valence-corrected chi connectivity index (χ4v) is 5.84. The van der Waals surface area contributed by atoms with Gasteiger partial charge in [0.1, 0.15) is 11.1 Å². The van der Waals surface area contributed by atoms with Gasteiger partial charge in [-0.3, -0.25) is 4.79 Å². The van der Waals surface area contributed by atoms with Gasteiger partial charge >= 0.3 is 0 Å². The number of thiophene rings is 1. The summed E-state index contributed by atoms with van der Waals surface area (Å²) in [6, 6.07) is 9.74. The Bertz CT molecular complexity index is 1170. The number of nitrogens with one attached hydrogen (secondary N) is 1. The van der Waals surface area contributed by atoms with Gasteiger partial charge in [-0.25, -0.2) is 0 Å². The lowest BCUT2D eigenvalue weighted by Crippen LogP contribution is -2.25. The highest BCUT2D eigenvalue weighted by molar-refractivity contribution is 7.99. The second-order valence-electron chi connectivity index (χ2n) is 7.21. The maximum absolute atomic E-state index is 12.6. The number of carbonyl (C=O) groups excluding carboxylic acids is 1. The van der Waals surface area contributed by atoms with Gasteiger partial charge in [0.05, 0.1) is 11.3 Å². The number of amides is 1. The molecule has 1 aliphatic rings. The van der Waals surface area contributed by atoms with Gasteiger partial charge in [-0.2, -0.15) is 5.26 Å². The van der Waals surface area contributed by atoms with Crippen molar-refractivity contribution in [2.24, 2.45) is 0 Å². The summed E-state index contributed by atoms with van der Waals surface area (Å²) in [5, 5.41) is 23.0. The molecular formula is C21H21ClN6OS2. The number of likely N-dealkylation sites (N-methyl/N-ethyl adjacent to an activating group) is 1. The number of hydrogen-bond donors (Lipinski definition) is 1. The van der Waals surface area contributed by atoms with E-state index in [-0.39, 0.29) is 11.7 Å².